The van der Waals surface area contributed by atoms with E-state index in [1.54, 1.807) is 0 Å². The first kappa shape index (κ1) is 19.3. The van der Waals surface area contributed by atoms with Crippen molar-refractivity contribution >= 4 is 39.3 Å². The van der Waals surface area contributed by atoms with Crippen LogP contribution in [0.25, 0.3) is 0 Å². The molecule has 0 saturated heterocycles. The van der Waals surface area contributed by atoms with E-state index in [-0.39, 0.29) is 19.4 Å². The van der Waals surface area contributed by atoms with Gasteiger partial charge in [0.2, 0.25) is 0 Å². The highest BCUT2D eigenvalue weighted by Crippen LogP contribution is 2.57. The minimum absolute atomic E-state index is 0.0116. The Kier molecular flexibility index (Phi) is 4.93. The number of hydrogen-bond acceptors (Lipinski definition) is 6. The number of carbonyl (C=O) groups excluding carboxylic acids is 2. The van der Waals surface area contributed by atoms with E-state index in [9.17, 15) is 22.8 Å². The summed E-state index contributed by atoms with van der Waals surface area (Å²) < 4.78 is 44.5. The fourth-order valence-corrected chi connectivity index (χ4v) is 3.99. The maximum absolute atomic E-state index is 13.1. The summed E-state index contributed by atoms with van der Waals surface area (Å²) in [6.45, 7) is -0.549. The minimum Gasteiger partial charge on any atom is -0.467 e. The van der Waals surface area contributed by atoms with Crippen molar-refractivity contribution in [3.63, 3.8) is 0 Å². The van der Waals surface area contributed by atoms with Crippen molar-refractivity contribution in [1.82, 2.24) is 20.4 Å². The monoisotopic (exact) mass is 456 g/mol. The van der Waals surface area contributed by atoms with Gasteiger partial charge in [0.1, 0.15) is 10.5 Å². The lowest BCUT2D eigenvalue weighted by atomic mass is 10.1. The van der Waals surface area contributed by atoms with Crippen molar-refractivity contribution in [2.75, 3.05) is 13.7 Å². The molecule has 1 aromatic heterocycles. The SMILES string of the molecule is COC(=O)C1(N(Cc2nnc(Br)s2)C(=O)NCC2(C(F)(F)F)CC2)CC1. The van der Waals surface area contributed by atoms with Gasteiger partial charge in [0, 0.05) is 6.54 Å². The highest BCUT2D eigenvalue weighted by atomic mass is 79.9. The molecule has 0 spiro atoms. The lowest BCUT2D eigenvalue weighted by molar-refractivity contribution is -0.185. The Morgan fingerprint density at radius 3 is 2.38 bits per heavy atom. The third kappa shape index (κ3) is 3.53. The molecule has 1 N–H and O–H groups in total. The van der Waals surface area contributed by atoms with Crippen molar-refractivity contribution in [2.24, 2.45) is 5.41 Å². The molecule has 2 aliphatic rings. The molecule has 1 aromatic rings. The Hall–Kier alpha value is -1.43. The van der Waals surface area contributed by atoms with Crippen LogP contribution in [0, 0.1) is 5.41 Å². The fourth-order valence-electron chi connectivity index (χ4n) is 2.79. The largest absolute Gasteiger partial charge is 0.467 e. The molecular weight excluding hydrogens is 441 g/mol. The molecule has 0 bridgehead atoms. The van der Waals surface area contributed by atoms with Crippen molar-refractivity contribution in [3.8, 4) is 0 Å². The summed E-state index contributed by atoms with van der Waals surface area (Å²) in [7, 11) is 1.21. The third-order valence-corrected chi connectivity index (χ3v) is 6.16. The summed E-state index contributed by atoms with van der Waals surface area (Å²) in [6.07, 6.45) is -3.62. The molecule has 0 unspecified atom stereocenters. The van der Waals surface area contributed by atoms with E-state index >= 15 is 0 Å². The molecular formula is C14H16BrF3N4O3S. The van der Waals surface area contributed by atoms with E-state index in [4.69, 9.17) is 4.74 Å². The number of aromatic nitrogens is 2. The topological polar surface area (TPSA) is 84.4 Å². The van der Waals surface area contributed by atoms with Crippen molar-refractivity contribution in [3.05, 3.63) is 8.92 Å². The number of carbonyl (C=O) groups is 2. The van der Waals surface area contributed by atoms with Gasteiger partial charge in [-0.2, -0.15) is 13.2 Å². The average Bonchev–Trinajstić information content (AvgIpc) is 3.48. The van der Waals surface area contributed by atoms with Gasteiger partial charge in [-0.05, 0) is 41.6 Å². The number of alkyl halides is 3. The lowest BCUT2D eigenvalue weighted by Gasteiger charge is -2.30. The van der Waals surface area contributed by atoms with Gasteiger partial charge in [-0.15, -0.1) is 10.2 Å². The van der Waals surface area contributed by atoms with Crippen LogP contribution in [0.1, 0.15) is 30.7 Å². The maximum atomic E-state index is 13.1. The summed E-state index contributed by atoms with van der Waals surface area (Å²) in [5.41, 5.74) is -3.02. The number of esters is 1. The predicted molar refractivity (Wildman–Crippen MR) is 88.3 cm³/mol. The first-order valence-electron chi connectivity index (χ1n) is 7.82. The first-order valence-corrected chi connectivity index (χ1v) is 9.43. The standard InChI is InChI=1S/C14H16BrF3N4O3S/c1-25-9(23)13(4-5-13)22(6-8-20-21-10(15)26-8)11(24)19-7-12(2-3-12)14(16,17)18/h2-7H2,1H3,(H,19,24). The van der Waals surface area contributed by atoms with Gasteiger partial charge in [0.05, 0.1) is 19.1 Å². The second-order valence-electron chi connectivity index (χ2n) is 6.49. The normalized spacial score (nSPS) is 19.6. The highest BCUT2D eigenvalue weighted by molar-refractivity contribution is 9.11. The molecule has 2 saturated carbocycles. The van der Waals surface area contributed by atoms with Crippen molar-refractivity contribution < 1.29 is 27.5 Å². The quantitative estimate of drug-likeness (QED) is 0.665. The highest BCUT2D eigenvalue weighted by Gasteiger charge is 2.63. The fraction of sp³-hybridized carbons (Fsp3) is 0.714. The van der Waals surface area contributed by atoms with Crippen molar-refractivity contribution in [2.45, 2.75) is 43.9 Å². The van der Waals surface area contributed by atoms with Crippen LogP contribution in [0.4, 0.5) is 18.0 Å². The second kappa shape index (κ2) is 6.63. The van der Waals surface area contributed by atoms with Crippen molar-refractivity contribution in [1.29, 1.82) is 0 Å². The van der Waals surface area contributed by atoms with Gasteiger partial charge in [-0.3, -0.25) is 0 Å². The lowest BCUT2D eigenvalue weighted by Crippen LogP contribution is -2.53. The molecule has 0 aromatic carbocycles. The van der Waals surface area contributed by atoms with Gasteiger partial charge in [0.15, 0.2) is 3.92 Å². The Morgan fingerprint density at radius 2 is 1.96 bits per heavy atom. The van der Waals surface area contributed by atoms with Crippen LogP contribution in [-0.4, -0.2) is 52.5 Å². The van der Waals surface area contributed by atoms with Gasteiger partial charge in [0.25, 0.3) is 0 Å². The van der Waals surface area contributed by atoms with E-state index in [1.807, 2.05) is 0 Å². The number of rotatable bonds is 6. The van der Waals surface area contributed by atoms with E-state index in [0.717, 1.165) is 0 Å². The molecule has 12 heteroatoms. The summed E-state index contributed by atoms with van der Waals surface area (Å²) in [4.78, 5) is 26.0. The molecule has 2 aliphatic carbocycles. The first-order chi connectivity index (χ1) is 12.1. The molecule has 26 heavy (non-hydrogen) atoms. The molecule has 0 atom stereocenters. The van der Waals surface area contributed by atoms with Crippen LogP contribution in [0.15, 0.2) is 3.92 Å². The maximum Gasteiger partial charge on any atom is 0.396 e. The van der Waals surface area contributed by atoms with E-state index in [1.165, 1.54) is 23.3 Å². The van der Waals surface area contributed by atoms with Gasteiger partial charge in [-0.1, -0.05) is 11.3 Å². The zero-order chi connectivity index (χ0) is 19.2. The van der Waals surface area contributed by atoms with E-state index < -0.39 is 35.7 Å². The van der Waals surface area contributed by atoms with Crippen LogP contribution >= 0.6 is 27.3 Å². The van der Waals surface area contributed by atoms with Gasteiger partial charge >= 0.3 is 18.2 Å². The molecule has 0 radical (unpaired) electrons. The summed E-state index contributed by atoms with van der Waals surface area (Å²) in [5, 5.41) is 10.5. The summed E-state index contributed by atoms with van der Waals surface area (Å²) >= 11 is 4.34. The molecule has 1 heterocycles. The number of halogens is 4. The number of urea groups is 1. The molecule has 2 amide bonds. The number of methoxy groups -OCH3 is 1. The van der Waals surface area contributed by atoms with Crippen LogP contribution in [0.5, 0.6) is 0 Å². The molecule has 3 rings (SSSR count). The Morgan fingerprint density at radius 1 is 1.31 bits per heavy atom. The molecule has 0 aliphatic heterocycles. The van der Waals surface area contributed by atoms with Gasteiger partial charge < -0.3 is 15.0 Å². The van der Waals surface area contributed by atoms with Crippen LogP contribution < -0.4 is 5.32 Å². The van der Waals surface area contributed by atoms with E-state index in [2.05, 4.69) is 31.4 Å². The Labute approximate surface area is 159 Å². The average molecular weight is 457 g/mol. The molecule has 7 nitrogen and oxygen atoms in total. The number of hydrogen-bond donors (Lipinski definition) is 1. The number of ether oxygens (including phenoxy) is 1. The number of amides is 2. The molecule has 2 fully saturated rings. The summed E-state index contributed by atoms with van der Waals surface area (Å²) in [6, 6.07) is -0.741. The van der Waals surface area contributed by atoms with Crippen LogP contribution in [-0.2, 0) is 16.1 Å². The molecule has 144 valence electrons. The second-order valence-corrected chi connectivity index (χ2v) is 8.83. The smallest absolute Gasteiger partial charge is 0.396 e. The van der Waals surface area contributed by atoms with Gasteiger partial charge in [-0.25, -0.2) is 9.59 Å². The van der Waals surface area contributed by atoms with Crippen LogP contribution in [0.3, 0.4) is 0 Å². The summed E-state index contributed by atoms with van der Waals surface area (Å²) in [5.74, 6) is -0.590. The Bertz CT molecular complexity index is 719. The number of nitrogens with zero attached hydrogens (tertiary/aromatic N) is 3. The minimum atomic E-state index is -4.37. The zero-order valence-electron chi connectivity index (χ0n) is 13.7. The zero-order valence-corrected chi connectivity index (χ0v) is 16.1. The Balaban J connectivity index is 1.75. The predicted octanol–water partition coefficient (Wildman–Crippen LogP) is 2.86. The van der Waals surface area contributed by atoms with E-state index in [0.29, 0.717) is 21.8 Å². The van der Waals surface area contributed by atoms with Crippen LogP contribution in [0.2, 0.25) is 0 Å². The third-order valence-electron chi connectivity index (χ3n) is 4.82. The number of nitrogens with one attached hydrogen (secondary N) is 1.